The standard InChI is InChI=1S/C14H21FN2O3S/c1-2-16-21(19,20)11-7-8-17(9-11)10-14(18)12-5-3-4-6-13(12)15/h3-6,11,14,16,18H,2,7-10H2,1H3. The molecule has 1 aliphatic heterocycles. The molecule has 0 saturated carbocycles. The molecule has 2 N–H and O–H groups in total. The second-order valence-corrected chi connectivity index (χ2v) is 7.30. The van der Waals surface area contributed by atoms with Crippen LogP contribution in [-0.4, -0.2) is 49.9 Å². The van der Waals surface area contributed by atoms with Crippen molar-refractivity contribution in [2.75, 3.05) is 26.2 Å². The number of hydrogen-bond acceptors (Lipinski definition) is 4. The fraction of sp³-hybridized carbons (Fsp3) is 0.571. The molecule has 7 heteroatoms. The first-order chi connectivity index (χ1) is 9.94. The summed E-state index contributed by atoms with van der Waals surface area (Å²) >= 11 is 0. The van der Waals surface area contributed by atoms with Crippen LogP contribution in [-0.2, 0) is 10.0 Å². The molecule has 5 nitrogen and oxygen atoms in total. The van der Waals surface area contributed by atoms with E-state index in [1.807, 2.05) is 4.90 Å². The summed E-state index contributed by atoms with van der Waals surface area (Å²) in [4.78, 5) is 1.86. The maximum atomic E-state index is 13.6. The van der Waals surface area contributed by atoms with Crippen LogP contribution in [0.5, 0.6) is 0 Å². The molecule has 0 aromatic heterocycles. The number of likely N-dealkylation sites (tertiary alicyclic amines) is 1. The molecular weight excluding hydrogens is 295 g/mol. The molecule has 0 aliphatic carbocycles. The monoisotopic (exact) mass is 316 g/mol. The van der Waals surface area contributed by atoms with E-state index in [0.29, 0.717) is 26.1 Å². The van der Waals surface area contributed by atoms with Crippen molar-refractivity contribution in [1.82, 2.24) is 9.62 Å². The molecule has 0 amide bonds. The average Bonchev–Trinajstić information content (AvgIpc) is 2.88. The van der Waals surface area contributed by atoms with Gasteiger partial charge in [0, 0.05) is 25.2 Å². The lowest BCUT2D eigenvalue weighted by Gasteiger charge is -2.20. The van der Waals surface area contributed by atoms with Gasteiger partial charge in [0.2, 0.25) is 10.0 Å². The summed E-state index contributed by atoms with van der Waals surface area (Å²) < 4.78 is 40.0. The maximum Gasteiger partial charge on any atom is 0.215 e. The first-order valence-electron chi connectivity index (χ1n) is 7.07. The zero-order valence-corrected chi connectivity index (χ0v) is 12.8. The zero-order valence-electron chi connectivity index (χ0n) is 12.0. The lowest BCUT2D eigenvalue weighted by atomic mass is 10.1. The van der Waals surface area contributed by atoms with Crippen molar-refractivity contribution in [2.24, 2.45) is 0 Å². The normalized spacial score (nSPS) is 21.6. The van der Waals surface area contributed by atoms with Crippen molar-refractivity contribution in [3.8, 4) is 0 Å². The number of aliphatic hydroxyl groups is 1. The third kappa shape index (κ3) is 4.00. The molecule has 2 unspecified atom stereocenters. The van der Waals surface area contributed by atoms with Crippen LogP contribution >= 0.6 is 0 Å². The van der Waals surface area contributed by atoms with E-state index in [0.717, 1.165) is 0 Å². The van der Waals surface area contributed by atoms with Crippen molar-refractivity contribution in [3.05, 3.63) is 35.6 Å². The van der Waals surface area contributed by atoms with Gasteiger partial charge in [-0.3, -0.25) is 4.90 Å². The summed E-state index contributed by atoms with van der Waals surface area (Å²) in [5.74, 6) is -0.444. The Morgan fingerprint density at radius 1 is 1.48 bits per heavy atom. The number of benzene rings is 1. The number of nitrogens with zero attached hydrogens (tertiary/aromatic N) is 1. The summed E-state index contributed by atoms with van der Waals surface area (Å²) in [6.45, 7) is 3.30. The number of rotatable bonds is 6. The van der Waals surface area contributed by atoms with Crippen molar-refractivity contribution in [3.63, 3.8) is 0 Å². The summed E-state index contributed by atoms with van der Waals surface area (Å²) in [5, 5.41) is 9.64. The van der Waals surface area contributed by atoms with Gasteiger partial charge in [0.05, 0.1) is 11.4 Å². The number of hydrogen-bond donors (Lipinski definition) is 2. The van der Waals surface area contributed by atoms with E-state index in [1.165, 1.54) is 6.07 Å². The molecular formula is C14H21FN2O3S. The van der Waals surface area contributed by atoms with E-state index in [9.17, 15) is 17.9 Å². The Labute approximate surface area is 124 Å². The molecule has 1 aromatic carbocycles. The van der Waals surface area contributed by atoms with Crippen LogP contribution in [0.1, 0.15) is 25.0 Å². The van der Waals surface area contributed by atoms with E-state index in [1.54, 1.807) is 25.1 Å². The van der Waals surface area contributed by atoms with Gasteiger partial charge in [-0.25, -0.2) is 17.5 Å². The SMILES string of the molecule is CCNS(=O)(=O)C1CCN(CC(O)c2ccccc2F)C1. The smallest absolute Gasteiger partial charge is 0.215 e. The van der Waals surface area contributed by atoms with Crippen LogP contribution in [0.25, 0.3) is 0 Å². The van der Waals surface area contributed by atoms with Gasteiger partial charge in [0.25, 0.3) is 0 Å². The molecule has 118 valence electrons. The zero-order chi connectivity index (χ0) is 15.5. The third-order valence-electron chi connectivity index (χ3n) is 3.71. The summed E-state index contributed by atoms with van der Waals surface area (Å²) in [7, 11) is -3.30. The fourth-order valence-electron chi connectivity index (χ4n) is 2.62. The molecule has 21 heavy (non-hydrogen) atoms. The molecule has 0 radical (unpaired) electrons. The Balaban J connectivity index is 1.95. The topological polar surface area (TPSA) is 69.6 Å². The predicted octanol–water partition coefficient (Wildman–Crippen LogP) is 0.873. The van der Waals surface area contributed by atoms with Crippen LogP contribution in [0.2, 0.25) is 0 Å². The molecule has 0 spiro atoms. The number of halogens is 1. The van der Waals surface area contributed by atoms with Crippen LogP contribution in [0.4, 0.5) is 4.39 Å². The highest BCUT2D eigenvalue weighted by Gasteiger charge is 2.33. The number of nitrogens with one attached hydrogen (secondary N) is 1. The van der Waals surface area contributed by atoms with Gasteiger partial charge in [-0.05, 0) is 19.0 Å². The van der Waals surface area contributed by atoms with Gasteiger partial charge < -0.3 is 5.11 Å². The van der Waals surface area contributed by atoms with Crippen molar-refractivity contribution in [2.45, 2.75) is 24.7 Å². The second kappa shape index (κ2) is 6.83. The van der Waals surface area contributed by atoms with Gasteiger partial charge in [-0.2, -0.15) is 0 Å². The van der Waals surface area contributed by atoms with Gasteiger partial charge in [0.15, 0.2) is 0 Å². The average molecular weight is 316 g/mol. The lowest BCUT2D eigenvalue weighted by molar-refractivity contribution is 0.123. The van der Waals surface area contributed by atoms with Crippen LogP contribution in [0.3, 0.4) is 0 Å². The Kier molecular flexibility index (Phi) is 5.32. The molecule has 1 fully saturated rings. The van der Waals surface area contributed by atoms with E-state index >= 15 is 0 Å². The predicted molar refractivity (Wildman–Crippen MR) is 78.8 cm³/mol. The highest BCUT2D eigenvalue weighted by molar-refractivity contribution is 7.90. The van der Waals surface area contributed by atoms with Crippen LogP contribution in [0.15, 0.2) is 24.3 Å². The molecule has 2 atom stereocenters. The molecule has 1 heterocycles. The third-order valence-corrected chi connectivity index (χ3v) is 5.66. The maximum absolute atomic E-state index is 13.6. The molecule has 0 bridgehead atoms. The number of aliphatic hydroxyl groups excluding tert-OH is 1. The van der Waals surface area contributed by atoms with Gasteiger partial charge in [0.1, 0.15) is 5.82 Å². The van der Waals surface area contributed by atoms with Gasteiger partial charge in [-0.15, -0.1) is 0 Å². The molecule has 1 aromatic rings. The minimum Gasteiger partial charge on any atom is -0.387 e. The lowest BCUT2D eigenvalue weighted by Crippen LogP contribution is -2.37. The Hall–Kier alpha value is -1.02. The van der Waals surface area contributed by atoms with E-state index in [4.69, 9.17) is 0 Å². The number of β-amino-alcohol motifs (C(OH)–C–C–N with tert-alkyl or cyclic N) is 1. The summed E-state index contributed by atoms with van der Waals surface area (Å²) in [6, 6.07) is 6.09. The van der Waals surface area contributed by atoms with Crippen molar-refractivity contribution < 1.29 is 17.9 Å². The minimum absolute atomic E-state index is 0.235. The quantitative estimate of drug-likeness (QED) is 0.817. The minimum atomic E-state index is -3.30. The second-order valence-electron chi connectivity index (χ2n) is 5.25. The highest BCUT2D eigenvalue weighted by atomic mass is 32.2. The fourth-order valence-corrected chi connectivity index (χ4v) is 4.08. The van der Waals surface area contributed by atoms with Crippen molar-refractivity contribution in [1.29, 1.82) is 0 Å². The summed E-state index contributed by atoms with van der Waals surface area (Å²) in [6.07, 6.45) is -0.425. The van der Waals surface area contributed by atoms with Gasteiger partial charge in [-0.1, -0.05) is 25.1 Å². The largest absolute Gasteiger partial charge is 0.387 e. The Morgan fingerprint density at radius 3 is 2.86 bits per heavy atom. The molecule has 2 rings (SSSR count). The molecule has 1 saturated heterocycles. The highest BCUT2D eigenvalue weighted by Crippen LogP contribution is 2.22. The first-order valence-corrected chi connectivity index (χ1v) is 8.62. The first kappa shape index (κ1) is 16.4. The number of sulfonamides is 1. The summed E-state index contributed by atoms with van der Waals surface area (Å²) in [5.41, 5.74) is 0.246. The Bertz CT molecular complexity index is 579. The van der Waals surface area contributed by atoms with Gasteiger partial charge >= 0.3 is 0 Å². The van der Waals surface area contributed by atoms with Crippen molar-refractivity contribution >= 4 is 10.0 Å². The van der Waals surface area contributed by atoms with E-state index in [2.05, 4.69) is 4.72 Å². The Morgan fingerprint density at radius 2 is 2.19 bits per heavy atom. The van der Waals surface area contributed by atoms with E-state index in [-0.39, 0.29) is 12.1 Å². The van der Waals surface area contributed by atoms with Crippen LogP contribution < -0.4 is 4.72 Å². The van der Waals surface area contributed by atoms with Crippen LogP contribution in [0, 0.1) is 5.82 Å². The molecule has 1 aliphatic rings. The van der Waals surface area contributed by atoms with E-state index < -0.39 is 27.2 Å².